The van der Waals surface area contributed by atoms with E-state index >= 15 is 0 Å². The van der Waals surface area contributed by atoms with E-state index in [9.17, 15) is 9.59 Å². The van der Waals surface area contributed by atoms with Gasteiger partial charge in [0.05, 0.1) is 18.9 Å². The zero-order valence-corrected chi connectivity index (χ0v) is 15.4. The highest BCUT2D eigenvalue weighted by molar-refractivity contribution is 6.02. The van der Waals surface area contributed by atoms with Crippen LogP contribution in [0.25, 0.3) is 0 Å². The molecule has 0 bridgehead atoms. The van der Waals surface area contributed by atoms with Crippen molar-refractivity contribution in [2.45, 2.75) is 26.2 Å². The molecule has 0 aromatic heterocycles. The first kappa shape index (κ1) is 18.6. The second-order valence-corrected chi connectivity index (χ2v) is 6.19. The van der Waals surface area contributed by atoms with E-state index in [1.165, 1.54) is 5.01 Å². The Bertz CT molecular complexity index is 816. The molecule has 2 aromatic rings. The van der Waals surface area contributed by atoms with Crippen molar-refractivity contribution in [3.63, 3.8) is 0 Å². The van der Waals surface area contributed by atoms with Gasteiger partial charge >= 0.3 is 0 Å². The van der Waals surface area contributed by atoms with Crippen LogP contribution in [0.1, 0.15) is 31.7 Å². The van der Waals surface area contributed by atoms with Crippen molar-refractivity contribution in [1.29, 1.82) is 0 Å². The van der Waals surface area contributed by atoms with E-state index in [1.807, 2.05) is 37.3 Å². The molecular weight excluding hydrogens is 342 g/mol. The van der Waals surface area contributed by atoms with Crippen LogP contribution in [0.4, 0.5) is 5.69 Å². The zero-order chi connectivity index (χ0) is 19.1. The normalized spacial score (nSPS) is 13.2. The number of anilines is 1. The van der Waals surface area contributed by atoms with Gasteiger partial charge in [0, 0.05) is 24.9 Å². The summed E-state index contributed by atoms with van der Waals surface area (Å²) in [6.45, 7) is 3.07. The van der Waals surface area contributed by atoms with Crippen molar-refractivity contribution in [2.24, 2.45) is 5.10 Å². The topological polar surface area (TPSA) is 71.0 Å². The van der Waals surface area contributed by atoms with Gasteiger partial charge in [-0.2, -0.15) is 5.10 Å². The number of benzene rings is 2. The Morgan fingerprint density at radius 3 is 2.52 bits per heavy atom. The Kier molecular flexibility index (Phi) is 6.20. The highest BCUT2D eigenvalue weighted by Crippen LogP contribution is 2.17. The molecule has 0 radical (unpaired) electrons. The third-order valence-electron chi connectivity index (χ3n) is 4.21. The number of ether oxygens (including phenoxy) is 1. The first-order valence-electron chi connectivity index (χ1n) is 9.11. The molecular formula is C21H23N3O3. The quantitative estimate of drug-likeness (QED) is 0.817. The maximum Gasteiger partial charge on any atom is 0.243 e. The molecule has 2 amide bonds. The largest absolute Gasteiger partial charge is 0.494 e. The molecule has 0 aliphatic carbocycles. The summed E-state index contributed by atoms with van der Waals surface area (Å²) in [5.74, 6) is 0.425. The first-order valence-corrected chi connectivity index (χ1v) is 9.11. The van der Waals surface area contributed by atoms with E-state index in [-0.39, 0.29) is 24.7 Å². The molecule has 6 nitrogen and oxygen atoms in total. The number of hydrazone groups is 1. The van der Waals surface area contributed by atoms with Crippen molar-refractivity contribution in [1.82, 2.24) is 5.01 Å². The molecule has 0 spiro atoms. The predicted octanol–water partition coefficient (Wildman–Crippen LogP) is 3.44. The molecule has 0 saturated carbocycles. The second-order valence-electron chi connectivity index (χ2n) is 6.19. The smallest absolute Gasteiger partial charge is 0.243 e. The van der Waals surface area contributed by atoms with E-state index in [1.54, 1.807) is 24.3 Å². The maximum atomic E-state index is 12.3. The summed E-state index contributed by atoms with van der Waals surface area (Å²) in [6, 6.07) is 17.0. The molecule has 0 fully saturated rings. The lowest BCUT2D eigenvalue weighted by molar-refractivity contribution is -0.132. The molecule has 1 aliphatic heterocycles. The molecule has 1 aliphatic rings. The number of hydrogen-bond donors (Lipinski definition) is 1. The Labute approximate surface area is 158 Å². The molecule has 27 heavy (non-hydrogen) atoms. The van der Waals surface area contributed by atoms with Crippen molar-refractivity contribution in [3.8, 4) is 5.75 Å². The van der Waals surface area contributed by atoms with Crippen LogP contribution in [0.2, 0.25) is 0 Å². The molecule has 0 unspecified atom stereocenters. The number of carbonyl (C=O) groups excluding carboxylic acids is 2. The molecule has 3 rings (SSSR count). The average molecular weight is 365 g/mol. The van der Waals surface area contributed by atoms with Crippen LogP contribution in [0, 0.1) is 0 Å². The summed E-state index contributed by atoms with van der Waals surface area (Å²) in [7, 11) is 0. The summed E-state index contributed by atoms with van der Waals surface area (Å²) in [4.78, 5) is 24.4. The fraction of sp³-hybridized carbons (Fsp3) is 0.286. The van der Waals surface area contributed by atoms with Gasteiger partial charge in [-0.15, -0.1) is 0 Å². The minimum atomic E-state index is -0.195. The van der Waals surface area contributed by atoms with Gasteiger partial charge in [-0.3, -0.25) is 9.59 Å². The number of carbonyl (C=O) groups is 2. The van der Waals surface area contributed by atoms with Crippen molar-refractivity contribution < 1.29 is 14.3 Å². The SMILES string of the molecule is CCOc1ccc(NC(=O)CCC(=O)N2CCC(c3ccccc3)=N2)cc1. The van der Waals surface area contributed by atoms with Crippen LogP contribution >= 0.6 is 0 Å². The lowest BCUT2D eigenvalue weighted by atomic mass is 10.1. The van der Waals surface area contributed by atoms with E-state index < -0.39 is 0 Å². The maximum absolute atomic E-state index is 12.3. The highest BCUT2D eigenvalue weighted by Gasteiger charge is 2.21. The summed E-state index contributed by atoms with van der Waals surface area (Å²) >= 11 is 0. The Morgan fingerprint density at radius 2 is 1.81 bits per heavy atom. The van der Waals surface area contributed by atoms with Gasteiger partial charge in [0.2, 0.25) is 11.8 Å². The number of hydrogen-bond acceptors (Lipinski definition) is 4. The lowest BCUT2D eigenvalue weighted by Crippen LogP contribution is -2.24. The predicted molar refractivity (Wildman–Crippen MR) is 105 cm³/mol. The minimum Gasteiger partial charge on any atom is -0.494 e. The number of nitrogens with zero attached hydrogens (tertiary/aromatic N) is 2. The Hall–Kier alpha value is -3.15. The number of amides is 2. The summed E-state index contributed by atoms with van der Waals surface area (Å²) in [6.07, 6.45) is 0.987. The van der Waals surface area contributed by atoms with Gasteiger partial charge in [0.15, 0.2) is 0 Å². The third-order valence-corrected chi connectivity index (χ3v) is 4.21. The standard InChI is InChI=1S/C21H23N3O3/c1-2-27-18-10-8-17(9-11-18)22-20(25)12-13-21(26)24-15-14-19(23-24)16-6-4-3-5-7-16/h3-11H,2,12-15H2,1H3,(H,22,25). The van der Waals surface area contributed by atoms with Crippen LogP contribution in [-0.2, 0) is 9.59 Å². The molecule has 0 saturated heterocycles. The third kappa shape index (κ3) is 5.17. The Morgan fingerprint density at radius 1 is 1.07 bits per heavy atom. The second kappa shape index (κ2) is 8.98. The van der Waals surface area contributed by atoms with Crippen LogP contribution < -0.4 is 10.1 Å². The summed E-state index contributed by atoms with van der Waals surface area (Å²) in [5.41, 5.74) is 2.62. The molecule has 6 heteroatoms. The highest BCUT2D eigenvalue weighted by atomic mass is 16.5. The molecule has 140 valence electrons. The van der Waals surface area contributed by atoms with Gasteiger partial charge in [-0.05, 0) is 36.8 Å². The monoisotopic (exact) mass is 365 g/mol. The van der Waals surface area contributed by atoms with Crippen LogP contribution in [-0.4, -0.2) is 35.7 Å². The zero-order valence-electron chi connectivity index (χ0n) is 15.4. The summed E-state index contributed by atoms with van der Waals surface area (Å²) in [5, 5.41) is 8.66. The first-order chi connectivity index (χ1) is 13.2. The van der Waals surface area contributed by atoms with Crippen LogP contribution in [0.5, 0.6) is 5.75 Å². The van der Waals surface area contributed by atoms with Crippen LogP contribution in [0.3, 0.4) is 0 Å². The average Bonchev–Trinajstić information content (AvgIpc) is 3.19. The molecule has 2 aromatic carbocycles. The van der Waals surface area contributed by atoms with Crippen molar-refractivity contribution in [3.05, 3.63) is 60.2 Å². The van der Waals surface area contributed by atoms with Gasteiger partial charge < -0.3 is 10.1 Å². The van der Waals surface area contributed by atoms with Gasteiger partial charge in [0.25, 0.3) is 0 Å². The fourth-order valence-corrected chi connectivity index (χ4v) is 2.84. The van der Waals surface area contributed by atoms with Gasteiger partial charge in [-0.25, -0.2) is 5.01 Å². The number of rotatable bonds is 7. The Balaban J connectivity index is 1.47. The summed E-state index contributed by atoms with van der Waals surface area (Å²) < 4.78 is 5.37. The van der Waals surface area contributed by atoms with Crippen molar-refractivity contribution >= 4 is 23.2 Å². The van der Waals surface area contributed by atoms with E-state index in [0.717, 1.165) is 23.4 Å². The number of nitrogens with one attached hydrogen (secondary N) is 1. The molecule has 1 heterocycles. The van der Waals surface area contributed by atoms with Crippen LogP contribution in [0.15, 0.2) is 59.7 Å². The van der Waals surface area contributed by atoms with E-state index in [4.69, 9.17) is 4.74 Å². The van der Waals surface area contributed by atoms with E-state index in [0.29, 0.717) is 18.8 Å². The minimum absolute atomic E-state index is 0.124. The van der Waals surface area contributed by atoms with Gasteiger partial charge in [-0.1, -0.05) is 30.3 Å². The fourth-order valence-electron chi connectivity index (χ4n) is 2.84. The molecule has 1 N–H and O–H groups in total. The van der Waals surface area contributed by atoms with E-state index in [2.05, 4.69) is 10.4 Å². The van der Waals surface area contributed by atoms with Crippen molar-refractivity contribution in [2.75, 3.05) is 18.5 Å². The molecule has 0 atom stereocenters. The lowest BCUT2D eigenvalue weighted by Gasteiger charge is -2.11. The van der Waals surface area contributed by atoms with Gasteiger partial charge in [0.1, 0.15) is 5.75 Å².